The van der Waals surface area contributed by atoms with Gasteiger partial charge in [0.25, 0.3) is 0 Å². The van der Waals surface area contributed by atoms with Crippen molar-refractivity contribution in [3.63, 3.8) is 0 Å². The highest BCUT2D eigenvalue weighted by Crippen LogP contribution is 2.11. The lowest BCUT2D eigenvalue weighted by Crippen LogP contribution is -2.38. The van der Waals surface area contributed by atoms with Crippen molar-refractivity contribution in [2.24, 2.45) is 11.8 Å². The summed E-state index contributed by atoms with van der Waals surface area (Å²) in [6.45, 7) is 14.3. The molecule has 0 aliphatic rings. The maximum atomic E-state index is 4.39. The van der Waals surface area contributed by atoms with E-state index in [-0.39, 0.29) is 0 Å². The third kappa shape index (κ3) is 4.77. The predicted octanol–water partition coefficient (Wildman–Crippen LogP) is 2.50. The maximum absolute atomic E-state index is 4.39. The summed E-state index contributed by atoms with van der Waals surface area (Å²) in [4.78, 5) is 4.39. The van der Waals surface area contributed by atoms with E-state index in [9.17, 15) is 0 Å². The molecule has 1 aromatic rings. The third-order valence-electron chi connectivity index (χ3n) is 3.19. The Kier molecular flexibility index (Phi) is 5.79. The van der Waals surface area contributed by atoms with Gasteiger partial charge < -0.3 is 5.32 Å². The van der Waals surface area contributed by atoms with E-state index in [2.05, 4.69) is 56.9 Å². The molecule has 1 N–H and O–H groups in total. The van der Waals surface area contributed by atoms with Gasteiger partial charge in [-0.2, -0.15) is 5.10 Å². The predicted molar refractivity (Wildman–Crippen MR) is 75.5 cm³/mol. The second-order valence-electron chi connectivity index (χ2n) is 6.04. The number of aromatic nitrogens is 3. The Morgan fingerprint density at radius 2 is 1.83 bits per heavy atom. The van der Waals surface area contributed by atoms with Crippen molar-refractivity contribution in [2.75, 3.05) is 0 Å². The van der Waals surface area contributed by atoms with E-state index in [1.807, 2.05) is 4.68 Å². The van der Waals surface area contributed by atoms with Crippen LogP contribution >= 0.6 is 0 Å². The van der Waals surface area contributed by atoms with Crippen LogP contribution in [0, 0.1) is 11.8 Å². The van der Waals surface area contributed by atoms with E-state index in [0.29, 0.717) is 23.9 Å². The number of hydrogen-bond donors (Lipinski definition) is 1. The molecule has 1 aromatic heterocycles. The topological polar surface area (TPSA) is 42.7 Å². The van der Waals surface area contributed by atoms with E-state index >= 15 is 0 Å². The fourth-order valence-corrected chi connectivity index (χ4v) is 2.10. The SMILES string of the molecule is CC(C)Cn1ncnc1CC(C)C(C)NC(C)C. The third-order valence-corrected chi connectivity index (χ3v) is 3.19. The van der Waals surface area contributed by atoms with Crippen LogP contribution < -0.4 is 5.32 Å². The highest BCUT2D eigenvalue weighted by atomic mass is 15.3. The molecule has 0 bridgehead atoms. The summed E-state index contributed by atoms with van der Waals surface area (Å²) in [6.07, 6.45) is 2.65. The summed E-state index contributed by atoms with van der Waals surface area (Å²) in [5, 5.41) is 7.87. The van der Waals surface area contributed by atoms with Crippen molar-refractivity contribution in [2.45, 2.75) is 66.6 Å². The molecule has 0 saturated heterocycles. The van der Waals surface area contributed by atoms with Crippen LogP contribution in [-0.2, 0) is 13.0 Å². The summed E-state index contributed by atoms with van der Waals surface area (Å²) >= 11 is 0. The fraction of sp³-hybridized carbons (Fsp3) is 0.857. The first kappa shape index (κ1) is 15.2. The smallest absolute Gasteiger partial charge is 0.138 e. The lowest BCUT2D eigenvalue weighted by atomic mass is 9.98. The van der Waals surface area contributed by atoms with Crippen molar-refractivity contribution in [3.05, 3.63) is 12.2 Å². The van der Waals surface area contributed by atoms with Crippen LogP contribution in [0.25, 0.3) is 0 Å². The molecular weight excluding hydrogens is 224 g/mol. The van der Waals surface area contributed by atoms with Gasteiger partial charge in [0.1, 0.15) is 12.2 Å². The maximum Gasteiger partial charge on any atom is 0.138 e. The average molecular weight is 252 g/mol. The molecule has 1 heterocycles. The van der Waals surface area contributed by atoms with Gasteiger partial charge in [-0.05, 0) is 18.8 Å². The molecule has 0 saturated carbocycles. The minimum atomic E-state index is 0.495. The minimum absolute atomic E-state index is 0.495. The second kappa shape index (κ2) is 6.88. The van der Waals surface area contributed by atoms with E-state index in [4.69, 9.17) is 0 Å². The van der Waals surface area contributed by atoms with Gasteiger partial charge >= 0.3 is 0 Å². The Morgan fingerprint density at radius 3 is 2.39 bits per heavy atom. The van der Waals surface area contributed by atoms with Gasteiger partial charge in [-0.3, -0.25) is 0 Å². The first-order valence-corrected chi connectivity index (χ1v) is 7.02. The Morgan fingerprint density at radius 1 is 1.17 bits per heavy atom. The zero-order valence-corrected chi connectivity index (χ0v) is 12.6. The van der Waals surface area contributed by atoms with Gasteiger partial charge in [0.15, 0.2) is 0 Å². The molecule has 2 unspecified atom stereocenters. The summed E-state index contributed by atoms with van der Waals surface area (Å²) in [6, 6.07) is 1.02. The first-order valence-electron chi connectivity index (χ1n) is 7.02. The van der Waals surface area contributed by atoms with Crippen molar-refractivity contribution in [3.8, 4) is 0 Å². The number of nitrogens with zero attached hydrogens (tertiary/aromatic N) is 3. The van der Waals surface area contributed by atoms with E-state index in [1.54, 1.807) is 6.33 Å². The number of hydrogen-bond acceptors (Lipinski definition) is 3. The standard InChI is InChI=1S/C14H28N4/c1-10(2)8-18-14(15-9-16-18)7-12(5)13(6)17-11(3)4/h9-13,17H,7-8H2,1-6H3. The normalized spacial score (nSPS) is 15.3. The number of nitrogens with one attached hydrogen (secondary N) is 1. The molecule has 104 valence electrons. The van der Waals surface area contributed by atoms with Crippen LogP contribution in [0.15, 0.2) is 6.33 Å². The van der Waals surface area contributed by atoms with Gasteiger partial charge in [0.2, 0.25) is 0 Å². The molecule has 0 radical (unpaired) electrons. The summed E-state index contributed by atoms with van der Waals surface area (Å²) in [7, 11) is 0. The number of rotatable bonds is 7. The minimum Gasteiger partial charge on any atom is -0.312 e. The first-order chi connectivity index (χ1) is 8.40. The molecular formula is C14H28N4. The van der Waals surface area contributed by atoms with Crippen molar-refractivity contribution >= 4 is 0 Å². The highest BCUT2D eigenvalue weighted by molar-refractivity contribution is 4.89. The Hall–Kier alpha value is -0.900. The van der Waals surface area contributed by atoms with Crippen molar-refractivity contribution < 1.29 is 0 Å². The highest BCUT2D eigenvalue weighted by Gasteiger charge is 2.16. The molecule has 0 spiro atoms. The van der Waals surface area contributed by atoms with Crippen LogP contribution in [0.3, 0.4) is 0 Å². The molecule has 0 aliphatic carbocycles. The fourth-order valence-electron chi connectivity index (χ4n) is 2.10. The zero-order chi connectivity index (χ0) is 13.7. The molecule has 2 atom stereocenters. The van der Waals surface area contributed by atoms with Crippen LogP contribution in [0.4, 0.5) is 0 Å². The van der Waals surface area contributed by atoms with Crippen molar-refractivity contribution in [1.82, 2.24) is 20.1 Å². The molecule has 0 amide bonds. The Balaban J connectivity index is 2.58. The largest absolute Gasteiger partial charge is 0.312 e. The summed E-state index contributed by atoms with van der Waals surface area (Å²) in [5.41, 5.74) is 0. The summed E-state index contributed by atoms with van der Waals surface area (Å²) in [5.74, 6) is 2.27. The molecule has 4 heteroatoms. The van der Waals surface area contributed by atoms with Gasteiger partial charge in [-0.25, -0.2) is 9.67 Å². The molecule has 1 rings (SSSR count). The molecule has 0 aromatic carbocycles. The van der Waals surface area contributed by atoms with Crippen LogP contribution in [0.2, 0.25) is 0 Å². The van der Waals surface area contributed by atoms with Crippen LogP contribution in [-0.4, -0.2) is 26.8 Å². The molecule has 0 fully saturated rings. The van der Waals surface area contributed by atoms with Crippen LogP contribution in [0.1, 0.15) is 47.4 Å². The molecule has 0 aliphatic heterocycles. The lowest BCUT2D eigenvalue weighted by Gasteiger charge is -2.23. The lowest BCUT2D eigenvalue weighted by molar-refractivity contribution is 0.357. The average Bonchev–Trinajstić information content (AvgIpc) is 2.63. The molecule has 4 nitrogen and oxygen atoms in total. The van der Waals surface area contributed by atoms with E-state index in [0.717, 1.165) is 18.8 Å². The Bertz CT molecular complexity index is 343. The second-order valence-corrected chi connectivity index (χ2v) is 6.04. The van der Waals surface area contributed by atoms with Gasteiger partial charge in [-0.1, -0.05) is 34.6 Å². The van der Waals surface area contributed by atoms with E-state index in [1.165, 1.54) is 0 Å². The monoisotopic (exact) mass is 252 g/mol. The summed E-state index contributed by atoms with van der Waals surface area (Å²) < 4.78 is 2.04. The van der Waals surface area contributed by atoms with Crippen molar-refractivity contribution in [1.29, 1.82) is 0 Å². The van der Waals surface area contributed by atoms with Gasteiger partial charge in [0.05, 0.1) is 0 Å². The van der Waals surface area contributed by atoms with E-state index < -0.39 is 0 Å². The Labute approximate surface area is 111 Å². The van der Waals surface area contributed by atoms with Gasteiger partial charge in [-0.15, -0.1) is 0 Å². The van der Waals surface area contributed by atoms with Gasteiger partial charge in [0, 0.05) is 25.0 Å². The molecule has 18 heavy (non-hydrogen) atoms. The van der Waals surface area contributed by atoms with Crippen LogP contribution in [0.5, 0.6) is 0 Å². The quantitative estimate of drug-likeness (QED) is 0.811. The zero-order valence-electron chi connectivity index (χ0n) is 12.6.